The number of benzene rings is 1. The van der Waals surface area contributed by atoms with E-state index in [1.807, 2.05) is 0 Å². The number of halogens is 1. The number of para-hydroxylation sites is 1. The number of amides is 1. The number of hydrogen-bond donors (Lipinski definition) is 0. The topological polar surface area (TPSA) is 69.9 Å². The fourth-order valence-electron chi connectivity index (χ4n) is 1.77. The maximum absolute atomic E-state index is 11.9. The molecule has 0 aliphatic rings. The molecule has 0 unspecified atom stereocenters. The van der Waals surface area contributed by atoms with Gasteiger partial charge in [0.1, 0.15) is 4.88 Å². The first-order valence-corrected chi connectivity index (χ1v) is 8.12. The Kier molecular flexibility index (Phi) is 5.95. The molecule has 0 aliphatic carbocycles. The van der Waals surface area contributed by atoms with Gasteiger partial charge < -0.3 is 9.47 Å². The molecule has 0 fully saturated rings. The SMILES string of the molecule is CCOC(=O)/N=c1\sc(C(=O)OCC)cn1-c1ccccc1Cl. The first-order chi connectivity index (χ1) is 11.1. The first-order valence-electron chi connectivity index (χ1n) is 6.92. The van der Waals surface area contributed by atoms with Gasteiger partial charge in [-0.1, -0.05) is 35.1 Å². The van der Waals surface area contributed by atoms with Gasteiger partial charge in [-0.05, 0) is 26.0 Å². The van der Waals surface area contributed by atoms with Crippen LogP contribution in [0.5, 0.6) is 0 Å². The molecule has 8 heteroatoms. The highest BCUT2D eigenvalue weighted by Gasteiger charge is 2.15. The Labute approximate surface area is 141 Å². The fraction of sp³-hybridized carbons (Fsp3) is 0.267. The normalized spacial score (nSPS) is 11.3. The van der Waals surface area contributed by atoms with E-state index in [1.165, 1.54) is 0 Å². The summed E-state index contributed by atoms with van der Waals surface area (Å²) in [5.74, 6) is -0.483. The summed E-state index contributed by atoms with van der Waals surface area (Å²) in [7, 11) is 0. The predicted octanol–water partition coefficient (Wildman–Crippen LogP) is 3.43. The Balaban J connectivity index is 2.57. The second kappa shape index (κ2) is 7.94. The summed E-state index contributed by atoms with van der Waals surface area (Å²) >= 11 is 7.22. The van der Waals surface area contributed by atoms with Gasteiger partial charge in [0, 0.05) is 6.20 Å². The van der Waals surface area contributed by atoms with Gasteiger partial charge in [-0.15, -0.1) is 4.99 Å². The summed E-state index contributed by atoms with van der Waals surface area (Å²) in [6, 6.07) is 7.05. The summed E-state index contributed by atoms with van der Waals surface area (Å²) < 4.78 is 11.4. The van der Waals surface area contributed by atoms with Crippen molar-refractivity contribution in [2.24, 2.45) is 4.99 Å². The smallest absolute Gasteiger partial charge is 0.436 e. The zero-order valence-corrected chi connectivity index (χ0v) is 14.2. The van der Waals surface area contributed by atoms with Crippen LogP contribution < -0.4 is 4.80 Å². The molecule has 0 saturated heterocycles. The number of carbonyl (C=O) groups excluding carboxylic acids is 2. The highest BCUT2D eigenvalue weighted by Crippen LogP contribution is 2.20. The third-order valence-corrected chi connectivity index (χ3v) is 3.98. The van der Waals surface area contributed by atoms with Gasteiger partial charge in [0.15, 0.2) is 0 Å². The summed E-state index contributed by atoms with van der Waals surface area (Å²) in [6.07, 6.45) is 0.813. The number of aromatic nitrogens is 1. The minimum atomic E-state index is -0.731. The molecule has 23 heavy (non-hydrogen) atoms. The van der Waals surface area contributed by atoms with Crippen molar-refractivity contribution in [3.63, 3.8) is 0 Å². The summed E-state index contributed by atoms with van der Waals surface area (Å²) in [5.41, 5.74) is 0.601. The third kappa shape index (κ3) is 4.20. The molecule has 1 aromatic carbocycles. The van der Waals surface area contributed by atoms with Gasteiger partial charge in [0.25, 0.3) is 0 Å². The Hall–Kier alpha value is -2.12. The van der Waals surface area contributed by atoms with Gasteiger partial charge in [-0.2, -0.15) is 0 Å². The predicted molar refractivity (Wildman–Crippen MR) is 87.2 cm³/mol. The summed E-state index contributed by atoms with van der Waals surface area (Å²) in [4.78, 5) is 28.0. The van der Waals surface area contributed by atoms with E-state index < -0.39 is 12.1 Å². The molecule has 1 aromatic heterocycles. The second-order valence-electron chi connectivity index (χ2n) is 4.23. The molecule has 2 rings (SSSR count). The van der Waals surface area contributed by atoms with Crippen molar-refractivity contribution < 1.29 is 19.1 Å². The maximum Gasteiger partial charge on any atom is 0.436 e. The number of rotatable bonds is 4. The molecule has 1 amide bonds. The fourth-order valence-corrected chi connectivity index (χ4v) is 2.87. The number of thiazole rings is 1. The average molecular weight is 355 g/mol. The van der Waals surface area contributed by atoms with Crippen LogP contribution in [0.2, 0.25) is 5.02 Å². The largest absolute Gasteiger partial charge is 0.462 e. The van der Waals surface area contributed by atoms with E-state index in [1.54, 1.807) is 48.9 Å². The highest BCUT2D eigenvalue weighted by molar-refractivity contribution is 7.11. The van der Waals surface area contributed by atoms with E-state index in [2.05, 4.69) is 4.99 Å². The monoisotopic (exact) mass is 354 g/mol. The molecule has 0 bridgehead atoms. The lowest BCUT2D eigenvalue weighted by molar-refractivity contribution is 0.0531. The van der Waals surface area contributed by atoms with Crippen LogP contribution in [0, 0.1) is 0 Å². The minimum Gasteiger partial charge on any atom is -0.462 e. The lowest BCUT2D eigenvalue weighted by Crippen LogP contribution is -2.15. The van der Waals surface area contributed by atoms with E-state index in [4.69, 9.17) is 21.1 Å². The van der Waals surface area contributed by atoms with E-state index >= 15 is 0 Å². The van der Waals surface area contributed by atoms with Crippen molar-refractivity contribution >= 4 is 35.0 Å². The Morgan fingerprint density at radius 3 is 2.57 bits per heavy atom. The minimum absolute atomic E-state index is 0.213. The van der Waals surface area contributed by atoms with E-state index in [-0.39, 0.29) is 18.0 Å². The van der Waals surface area contributed by atoms with Crippen LogP contribution >= 0.6 is 22.9 Å². The lowest BCUT2D eigenvalue weighted by atomic mass is 10.3. The van der Waals surface area contributed by atoms with Crippen molar-refractivity contribution in [3.05, 3.63) is 45.2 Å². The number of ether oxygens (including phenoxy) is 2. The van der Waals surface area contributed by atoms with Crippen molar-refractivity contribution in [2.45, 2.75) is 13.8 Å². The molecular weight excluding hydrogens is 340 g/mol. The van der Waals surface area contributed by atoms with Crippen LogP contribution in [-0.4, -0.2) is 29.8 Å². The van der Waals surface area contributed by atoms with Crippen LogP contribution in [0.4, 0.5) is 4.79 Å². The molecule has 0 aliphatic heterocycles. The number of carbonyl (C=O) groups is 2. The standard InChI is InChI=1S/C15H15ClN2O4S/c1-3-21-13(19)12-9-18(11-8-6-5-7-10(11)16)14(23-12)17-15(20)22-4-2/h5-9H,3-4H2,1-2H3/b17-14-. The van der Waals surface area contributed by atoms with Gasteiger partial charge >= 0.3 is 12.1 Å². The van der Waals surface area contributed by atoms with E-state index in [9.17, 15) is 9.59 Å². The van der Waals surface area contributed by atoms with Crippen molar-refractivity contribution in [2.75, 3.05) is 13.2 Å². The van der Waals surface area contributed by atoms with Gasteiger partial charge in [-0.25, -0.2) is 9.59 Å². The molecule has 1 heterocycles. The zero-order chi connectivity index (χ0) is 16.8. The zero-order valence-electron chi connectivity index (χ0n) is 12.6. The molecule has 0 spiro atoms. The molecule has 2 aromatic rings. The Bertz CT molecular complexity index is 782. The van der Waals surface area contributed by atoms with E-state index in [0.29, 0.717) is 15.6 Å². The number of nitrogens with zero attached hydrogens (tertiary/aromatic N) is 2. The Morgan fingerprint density at radius 1 is 1.22 bits per heavy atom. The number of esters is 1. The lowest BCUT2D eigenvalue weighted by Gasteiger charge is -2.04. The van der Waals surface area contributed by atoms with Crippen LogP contribution in [0.25, 0.3) is 5.69 Å². The summed E-state index contributed by atoms with van der Waals surface area (Å²) in [5, 5.41) is 0.464. The number of hydrogen-bond acceptors (Lipinski definition) is 5. The van der Waals surface area contributed by atoms with E-state index in [0.717, 1.165) is 11.3 Å². The second-order valence-corrected chi connectivity index (χ2v) is 5.65. The molecular formula is C15H15ClN2O4S. The molecule has 0 saturated carbocycles. The highest BCUT2D eigenvalue weighted by atomic mass is 35.5. The molecule has 0 radical (unpaired) electrons. The van der Waals surface area contributed by atoms with Crippen molar-refractivity contribution in [1.82, 2.24) is 4.57 Å². The van der Waals surface area contributed by atoms with Crippen LogP contribution in [0.1, 0.15) is 23.5 Å². The molecule has 122 valence electrons. The quantitative estimate of drug-likeness (QED) is 0.789. The Morgan fingerprint density at radius 2 is 1.91 bits per heavy atom. The van der Waals surface area contributed by atoms with Gasteiger partial charge in [-0.3, -0.25) is 4.57 Å². The first kappa shape index (κ1) is 17.2. The van der Waals surface area contributed by atoms with Gasteiger partial charge in [0.2, 0.25) is 4.80 Å². The van der Waals surface area contributed by atoms with Gasteiger partial charge in [0.05, 0.1) is 23.9 Å². The summed E-state index contributed by atoms with van der Waals surface area (Å²) in [6.45, 7) is 3.88. The third-order valence-electron chi connectivity index (χ3n) is 2.70. The van der Waals surface area contributed by atoms with Crippen molar-refractivity contribution in [1.29, 1.82) is 0 Å². The van der Waals surface area contributed by atoms with Crippen LogP contribution in [-0.2, 0) is 9.47 Å². The van der Waals surface area contributed by atoms with Crippen LogP contribution in [0.15, 0.2) is 35.5 Å². The molecule has 0 atom stereocenters. The van der Waals surface area contributed by atoms with Crippen molar-refractivity contribution in [3.8, 4) is 5.69 Å². The maximum atomic E-state index is 11.9. The molecule has 0 N–H and O–H groups in total. The molecule has 6 nitrogen and oxygen atoms in total. The average Bonchev–Trinajstić information content (AvgIpc) is 2.92. The van der Waals surface area contributed by atoms with Crippen LogP contribution in [0.3, 0.4) is 0 Å².